The lowest BCUT2D eigenvalue weighted by molar-refractivity contribution is -0.129. The van der Waals surface area contributed by atoms with Crippen molar-refractivity contribution in [1.82, 2.24) is 9.62 Å². The Balaban J connectivity index is 3.03. The lowest BCUT2D eigenvalue weighted by atomic mass is 10.1. The number of nitrogens with zero attached hydrogens (tertiary/aromatic N) is 1. The van der Waals surface area contributed by atoms with Gasteiger partial charge in [-0.1, -0.05) is 33.8 Å². The fourth-order valence-corrected chi connectivity index (χ4v) is 3.90. The van der Waals surface area contributed by atoms with E-state index >= 15 is 0 Å². The molecule has 0 unspecified atom stereocenters. The fourth-order valence-electron chi connectivity index (χ4n) is 2.42. The summed E-state index contributed by atoms with van der Waals surface area (Å²) in [7, 11) is -3.69. The highest BCUT2D eigenvalue weighted by Gasteiger charge is 2.25. The van der Waals surface area contributed by atoms with Crippen LogP contribution in [0.15, 0.2) is 23.1 Å². The Hall–Kier alpha value is -1.93. The zero-order valence-corrected chi connectivity index (χ0v) is 17.7. The summed E-state index contributed by atoms with van der Waals surface area (Å²) in [5, 5.41) is 2.70. The van der Waals surface area contributed by atoms with Gasteiger partial charge in [-0.2, -0.15) is 4.31 Å². The maximum atomic E-state index is 12.7. The van der Waals surface area contributed by atoms with Crippen LogP contribution in [0.2, 0.25) is 0 Å². The average Bonchev–Trinajstić information content (AvgIpc) is 2.60. The third-order valence-corrected chi connectivity index (χ3v) is 6.16. The third kappa shape index (κ3) is 6.04. The van der Waals surface area contributed by atoms with Crippen molar-refractivity contribution in [2.24, 2.45) is 5.92 Å². The summed E-state index contributed by atoms with van der Waals surface area (Å²) in [6.45, 7) is 11.7. The third-order valence-electron chi connectivity index (χ3n) is 4.11. The molecular weight excluding hydrogens is 368 g/mol. The molecule has 0 aliphatic heterocycles. The SMILES string of the molecule is CCN(CC)S(=O)(=O)c1ccc(C)c(C(=O)O[C@H](C)C(=O)NCC(C)C)c1. The molecule has 0 saturated carbocycles. The number of nitrogens with one attached hydrogen (secondary N) is 1. The van der Waals surface area contributed by atoms with Crippen molar-refractivity contribution < 1.29 is 22.7 Å². The van der Waals surface area contributed by atoms with Crippen LogP contribution in [0.1, 0.15) is 50.5 Å². The number of carbonyl (C=O) groups excluding carboxylic acids is 2. The summed E-state index contributed by atoms with van der Waals surface area (Å²) in [5.74, 6) is -0.834. The van der Waals surface area contributed by atoms with Gasteiger partial charge in [0, 0.05) is 19.6 Å². The molecule has 1 amide bonds. The Bertz CT molecular complexity index is 770. The maximum Gasteiger partial charge on any atom is 0.339 e. The highest BCUT2D eigenvalue weighted by Crippen LogP contribution is 2.20. The molecule has 1 aromatic carbocycles. The van der Waals surface area contributed by atoms with E-state index in [-0.39, 0.29) is 22.3 Å². The molecule has 1 aromatic rings. The van der Waals surface area contributed by atoms with Gasteiger partial charge in [0.15, 0.2) is 6.10 Å². The number of hydrogen-bond donors (Lipinski definition) is 1. The minimum atomic E-state index is -3.69. The first-order valence-corrected chi connectivity index (χ1v) is 10.6. The molecule has 7 nitrogen and oxygen atoms in total. The van der Waals surface area contributed by atoms with Gasteiger partial charge in [-0.25, -0.2) is 13.2 Å². The van der Waals surface area contributed by atoms with Crippen molar-refractivity contribution >= 4 is 21.9 Å². The second-order valence-corrected chi connectivity index (χ2v) is 8.69. The van der Waals surface area contributed by atoms with E-state index in [0.717, 1.165) is 0 Å². The Kier molecular flexibility index (Phi) is 8.43. The van der Waals surface area contributed by atoms with Crippen LogP contribution in [0, 0.1) is 12.8 Å². The number of amides is 1. The van der Waals surface area contributed by atoms with Crippen LogP contribution in [0.5, 0.6) is 0 Å². The summed E-state index contributed by atoms with van der Waals surface area (Å²) >= 11 is 0. The van der Waals surface area contributed by atoms with E-state index in [1.807, 2.05) is 13.8 Å². The van der Waals surface area contributed by atoms with Crippen molar-refractivity contribution in [3.8, 4) is 0 Å². The van der Waals surface area contributed by atoms with E-state index in [1.165, 1.54) is 23.4 Å². The molecule has 8 heteroatoms. The molecular formula is C19H30N2O5S. The van der Waals surface area contributed by atoms with Crippen molar-refractivity contribution in [3.63, 3.8) is 0 Å². The molecule has 27 heavy (non-hydrogen) atoms. The van der Waals surface area contributed by atoms with E-state index in [0.29, 0.717) is 25.2 Å². The number of rotatable bonds is 9. The highest BCUT2D eigenvalue weighted by molar-refractivity contribution is 7.89. The van der Waals surface area contributed by atoms with Gasteiger partial charge in [-0.3, -0.25) is 4.79 Å². The van der Waals surface area contributed by atoms with Crippen LogP contribution >= 0.6 is 0 Å². The molecule has 0 aliphatic rings. The largest absolute Gasteiger partial charge is 0.449 e. The van der Waals surface area contributed by atoms with Crippen molar-refractivity contribution in [1.29, 1.82) is 0 Å². The normalized spacial score (nSPS) is 12.9. The van der Waals surface area contributed by atoms with Crippen molar-refractivity contribution in [2.75, 3.05) is 19.6 Å². The Morgan fingerprint density at radius 1 is 1.15 bits per heavy atom. The quantitative estimate of drug-likeness (QED) is 0.645. The smallest absolute Gasteiger partial charge is 0.339 e. The molecule has 0 aliphatic carbocycles. The van der Waals surface area contributed by atoms with Crippen molar-refractivity contribution in [2.45, 2.75) is 52.5 Å². The molecule has 0 fully saturated rings. The minimum absolute atomic E-state index is 0.0284. The molecule has 0 radical (unpaired) electrons. The van der Waals surface area contributed by atoms with Gasteiger partial charge in [0.25, 0.3) is 5.91 Å². The minimum Gasteiger partial charge on any atom is -0.449 e. The summed E-state index contributed by atoms with van der Waals surface area (Å²) in [6.07, 6.45) is -0.973. The van der Waals surface area contributed by atoms with Gasteiger partial charge >= 0.3 is 5.97 Å². The van der Waals surface area contributed by atoms with Crippen LogP contribution in [-0.2, 0) is 19.6 Å². The standard InChI is InChI=1S/C19H30N2O5S/c1-7-21(8-2)27(24,25)16-10-9-14(5)17(11-16)19(23)26-15(6)18(22)20-12-13(3)4/h9-11,13,15H,7-8,12H2,1-6H3,(H,20,22)/t15-/m1/s1. The molecule has 0 heterocycles. The molecule has 1 N–H and O–H groups in total. The number of esters is 1. The lowest BCUT2D eigenvalue weighted by Crippen LogP contribution is -2.37. The molecule has 1 atom stereocenters. The Morgan fingerprint density at radius 2 is 1.74 bits per heavy atom. The number of carbonyl (C=O) groups is 2. The molecule has 0 aromatic heterocycles. The molecule has 0 spiro atoms. The van der Waals surface area contributed by atoms with E-state index < -0.39 is 22.1 Å². The first-order chi connectivity index (χ1) is 12.5. The highest BCUT2D eigenvalue weighted by atomic mass is 32.2. The molecule has 0 bridgehead atoms. The predicted octanol–water partition coefficient (Wildman–Crippen LogP) is 2.34. The van der Waals surface area contributed by atoms with E-state index in [2.05, 4.69) is 5.32 Å². The summed E-state index contributed by atoms with van der Waals surface area (Å²) < 4.78 is 31.9. The second-order valence-electron chi connectivity index (χ2n) is 6.75. The van der Waals surface area contributed by atoms with Crippen LogP contribution < -0.4 is 5.32 Å². The Labute approximate surface area is 162 Å². The predicted molar refractivity (Wildman–Crippen MR) is 104 cm³/mol. The van der Waals surface area contributed by atoms with Gasteiger partial charge in [0.05, 0.1) is 10.5 Å². The zero-order valence-electron chi connectivity index (χ0n) is 16.9. The van der Waals surface area contributed by atoms with Gasteiger partial charge in [-0.05, 0) is 37.5 Å². The number of benzene rings is 1. The number of ether oxygens (including phenoxy) is 1. The second kappa shape index (κ2) is 9.85. The number of hydrogen-bond acceptors (Lipinski definition) is 5. The van der Waals surface area contributed by atoms with Crippen molar-refractivity contribution in [3.05, 3.63) is 29.3 Å². The maximum absolute atomic E-state index is 12.7. The van der Waals surface area contributed by atoms with Crippen LogP contribution in [0.4, 0.5) is 0 Å². The topological polar surface area (TPSA) is 92.8 Å². The van der Waals surface area contributed by atoms with Crippen LogP contribution in [0.3, 0.4) is 0 Å². The van der Waals surface area contributed by atoms with Gasteiger partial charge in [-0.15, -0.1) is 0 Å². The van der Waals surface area contributed by atoms with Crippen LogP contribution in [0.25, 0.3) is 0 Å². The lowest BCUT2D eigenvalue weighted by Gasteiger charge is -2.19. The Morgan fingerprint density at radius 3 is 2.26 bits per heavy atom. The zero-order chi connectivity index (χ0) is 20.8. The first kappa shape index (κ1) is 23.1. The van der Waals surface area contributed by atoms with E-state index in [1.54, 1.807) is 26.8 Å². The van der Waals surface area contributed by atoms with Gasteiger partial charge < -0.3 is 10.1 Å². The molecule has 0 saturated heterocycles. The molecule has 152 valence electrons. The van der Waals surface area contributed by atoms with E-state index in [9.17, 15) is 18.0 Å². The summed E-state index contributed by atoms with van der Waals surface area (Å²) in [6, 6.07) is 4.35. The average molecular weight is 399 g/mol. The van der Waals surface area contributed by atoms with Crippen LogP contribution in [-0.4, -0.2) is 50.3 Å². The van der Waals surface area contributed by atoms with Gasteiger partial charge in [0.1, 0.15) is 0 Å². The number of aryl methyl sites for hydroxylation is 1. The van der Waals surface area contributed by atoms with E-state index in [4.69, 9.17) is 4.74 Å². The monoisotopic (exact) mass is 398 g/mol. The number of sulfonamides is 1. The summed E-state index contributed by atoms with van der Waals surface area (Å²) in [5.41, 5.74) is 0.708. The van der Waals surface area contributed by atoms with Gasteiger partial charge in [0.2, 0.25) is 10.0 Å². The first-order valence-electron chi connectivity index (χ1n) is 9.14. The fraction of sp³-hybridized carbons (Fsp3) is 0.579. The molecule has 1 rings (SSSR count). The summed E-state index contributed by atoms with van der Waals surface area (Å²) in [4.78, 5) is 24.5.